The highest BCUT2D eigenvalue weighted by atomic mass is 16.1. The molecule has 1 amide bonds. The molecule has 6 nitrogen and oxygen atoms in total. The number of amides is 1. The van der Waals surface area contributed by atoms with Gasteiger partial charge in [0, 0.05) is 42.2 Å². The number of nitrogens with one attached hydrogen (secondary N) is 2. The average molecular weight is 300 g/mol. The van der Waals surface area contributed by atoms with Gasteiger partial charge in [0.05, 0.1) is 0 Å². The summed E-state index contributed by atoms with van der Waals surface area (Å²) in [6, 6.07) is 4.96. The van der Waals surface area contributed by atoms with Crippen LogP contribution < -0.4 is 10.9 Å². The fourth-order valence-corrected chi connectivity index (χ4v) is 2.19. The summed E-state index contributed by atoms with van der Waals surface area (Å²) in [6.07, 6.45) is 4.02. The highest BCUT2D eigenvalue weighted by Gasteiger charge is 2.07. The maximum absolute atomic E-state index is 12.1. The predicted molar refractivity (Wildman–Crippen MR) is 83.9 cm³/mol. The molecule has 116 valence electrons. The number of nitrogens with zero attached hydrogens (tertiary/aromatic N) is 2. The molecule has 0 saturated carbocycles. The van der Waals surface area contributed by atoms with Gasteiger partial charge in [0.2, 0.25) is 0 Å². The quantitative estimate of drug-likeness (QED) is 0.844. The van der Waals surface area contributed by atoms with Crippen LogP contribution in [0.1, 0.15) is 40.9 Å². The first-order chi connectivity index (χ1) is 10.6. The van der Waals surface area contributed by atoms with Crippen molar-refractivity contribution < 1.29 is 4.79 Å². The summed E-state index contributed by atoms with van der Waals surface area (Å²) >= 11 is 0. The molecule has 2 rings (SSSR count). The molecule has 0 aliphatic carbocycles. The highest BCUT2D eigenvalue weighted by Crippen LogP contribution is 2.04. The second-order valence-electron chi connectivity index (χ2n) is 5.11. The van der Waals surface area contributed by atoms with Crippen molar-refractivity contribution in [2.75, 3.05) is 6.54 Å². The van der Waals surface area contributed by atoms with E-state index in [1.807, 2.05) is 6.07 Å². The Bertz CT molecular complexity index is 709. The van der Waals surface area contributed by atoms with Crippen LogP contribution in [0.3, 0.4) is 0 Å². The van der Waals surface area contributed by atoms with Gasteiger partial charge in [0.15, 0.2) is 0 Å². The van der Waals surface area contributed by atoms with Crippen molar-refractivity contribution in [3.8, 4) is 0 Å². The van der Waals surface area contributed by atoms with Gasteiger partial charge < -0.3 is 10.3 Å². The average Bonchev–Trinajstić information content (AvgIpc) is 2.47. The minimum atomic E-state index is -0.174. The van der Waals surface area contributed by atoms with Crippen LogP contribution in [0.4, 0.5) is 0 Å². The van der Waals surface area contributed by atoms with E-state index in [0.29, 0.717) is 30.0 Å². The third-order valence-corrected chi connectivity index (χ3v) is 3.16. The lowest BCUT2D eigenvalue weighted by atomic mass is 10.1. The van der Waals surface area contributed by atoms with Crippen molar-refractivity contribution in [3.05, 3.63) is 57.5 Å². The minimum absolute atomic E-state index is 0.138. The Morgan fingerprint density at radius 1 is 1.27 bits per heavy atom. The maximum atomic E-state index is 12.1. The topological polar surface area (TPSA) is 87.7 Å². The molecule has 6 heteroatoms. The molecule has 0 fully saturated rings. The molecule has 2 aromatic heterocycles. The number of hydrogen-bond donors (Lipinski definition) is 2. The van der Waals surface area contributed by atoms with E-state index in [-0.39, 0.29) is 11.5 Å². The Hall–Kier alpha value is -2.50. The Morgan fingerprint density at radius 3 is 2.82 bits per heavy atom. The van der Waals surface area contributed by atoms with Crippen molar-refractivity contribution in [1.29, 1.82) is 0 Å². The fraction of sp³-hybridized carbons (Fsp3) is 0.375. The van der Waals surface area contributed by atoms with Crippen molar-refractivity contribution >= 4 is 5.91 Å². The van der Waals surface area contributed by atoms with E-state index in [9.17, 15) is 9.59 Å². The smallest absolute Gasteiger partial charge is 0.251 e. The first-order valence-electron chi connectivity index (χ1n) is 7.38. The van der Waals surface area contributed by atoms with E-state index in [1.54, 1.807) is 19.2 Å². The van der Waals surface area contributed by atoms with Crippen LogP contribution in [0.25, 0.3) is 0 Å². The number of pyridine rings is 1. The minimum Gasteiger partial charge on any atom is -0.352 e. The monoisotopic (exact) mass is 300 g/mol. The fourth-order valence-electron chi connectivity index (χ4n) is 2.19. The van der Waals surface area contributed by atoms with Gasteiger partial charge in [-0.25, -0.2) is 4.98 Å². The lowest BCUT2D eigenvalue weighted by Crippen LogP contribution is -2.26. The third kappa shape index (κ3) is 4.51. The van der Waals surface area contributed by atoms with Gasteiger partial charge in [-0.15, -0.1) is 0 Å². The summed E-state index contributed by atoms with van der Waals surface area (Å²) < 4.78 is 0. The lowest BCUT2D eigenvalue weighted by molar-refractivity contribution is 0.0954. The molecule has 0 saturated heterocycles. The largest absolute Gasteiger partial charge is 0.352 e. The molecule has 2 heterocycles. The maximum Gasteiger partial charge on any atom is 0.251 e. The van der Waals surface area contributed by atoms with Crippen molar-refractivity contribution in [2.45, 2.75) is 33.1 Å². The molecular formula is C16H20N4O2. The number of aryl methyl sites for hydroxylation is 2. The molecule has 0 unspecified atom stereocenters. The van der Waals surface area contributed by atoms with Gasteiger partial charge in [-0.05, 0) is 25.5 Å². The number of rotatable bonds is 6. The van der Waals surface area contributed by atoms with Crippen LogP contribution in [0.15, 0.2) is 29.2 Å². The molecule has 0 radical (unpaired) electrons. The summed E-state index contributed by atoms with van der Waals surface area (Å²) in [7, 11) is 0. The number of H-pyrrole nitrogens is 1. The standard InChI is InChI=1S/C16H20N4O2/c1-3-4-13-9-12(5-7-17-13)16(22)18-8-6-14-10-15(21)20-11(2)19-14/h5,7,9-10H,3-4,6,8H2,1-2H3,(H,18,22)(H,19,20,21). The van der Waals surface area contributed by atoms with Gasteiger partial charge in [-0.2, -0.15) is 0 Å². The Kier molecular flexibility index (Phi) is 5.41. The number of carbonyl (C=O) groups is 1. The zero-order valence-electron chi connectivity index (χ0n) is 12.8. The number of carbonyl (C=O) groups excluding carboxylic acids is 1. The van der Waals surface area contributed by atoms with Crippen molar-refractivity contribution in [2.24, 2.45) is 0 Å². The summed E-state index contributed by atoms with van der Waals surface area (Å²) in [5.41, 5.74) is 2.02. The van der Waals surface area contributed by atoms with E-state index in [2.05, 4.69) is 27.2 Å². The number of aromatic nitrogens is 3. The molecule has 0 aromatic carbocycles. The molecule has 0 spiro atoms. The second kappa shape index (κ2) is 7.49. The van der Waals surface area contributed by atoms with Gasteiger partial charge in [0.25, 0.3) is 11.5 Å². The molecule has 2 aromatic rings. The third-order valence-electron chi connectivity index (χ3n) is 3.16. The Morgan fingerprint density at radius 2 is 2.09 bits per heavy atom. The first-order valence-corrected chi connectivity index (χ1v) is 7.38. The van der Waals surface area contributed by atoms with E-state index >= 15 is 0 Å². The normalized spacial score (nSPS) is 10.5. The van der Waals surface area contributed by atoms with E-state index < -0.39 is 0 Å². The van der Waals surface area contributed by atoms with Gasteiger partial charge in [0.1, 0.15) is 5.82 Å². The molecular weight excluding hydrogens is 280 g/mol. The Balaban J connectivity index is 1.92. The first kappa shape index (κ1) is 15.9. The van der Waals surface area contributed by atoms with Gasteiger partial charge in [-0.3, -0.25) is 14.6 Å². The predicted octanol–water partition coefficient (Wildman–Crippen LogP) is 1.40. The van der Waals surface area contributed by atoms with Crippen LogP contribution >= 0.6 is 0 Å². The summed E-state index contributed by atoms with van der Waals surface area (Å²) in [5.74, 6) is 0.438. The van der Waals surface area contributed by atoms with Crippen LogP contribution in [0.2, 0.25) is 0 Å². The zero-order chi connectivity index (χ0) is 15.9. The molecule has 0 bridgehead atoms. The molecule has 0 atom stereocenters. The second-order valence-corrected chi connectivity index (χ2v) is 5.11. The Labute approximate surface area is 129 Å². The van der Waals surface area contributed by atoms with Crippen LogP contribution in [-0.4, -0.2) is 27.4 Å². The van der Waals surface area contributed by atoms with E-state index in [4.69, 9.17) is 0 Å². The SMILES string of the molecule is CCCc1cc(C(=O)NCCc2cc(=O)[nH]c(C)n2)ccn1. The molecule has 2 N–H and O–H groups in total. The van der Waals surface area contributed by atoms with Crippen LogP contribution in [-0.2, 0) is 12.8 Å². The number of hydrogen-bond acceptors (Lipinski definition) is 4. The van der Waals surface area contributed by atoms with Crippen LogP contribution in [0, 0.1) is 6.92 Å². The van der Waals surface area contributed by atoms with Gasteiger partial charge >= 0.3 is 0 Å². The van der Waals surface area contributed by atoms with Crippen LogP contribution in [0.5, 0.6) is 0 Å². The highest BCUT2D eigenvalue weighted by molar-refractivity contribution is 5.94. The van der Waals surface area contributed by atoms with E-state index in [1.165, 1.54) is 6.07 Å². The van der Waals surface area contributed by atoms with E-state index in [0.717, 1.165) is 18.5 Å². The molecule has 0 aliphatic heterocycles. The number of aromatic amines is 1. The summed E-state index contributed by atoms with van der Waals surface area (Å²) in [6.45, 7) is 4.24. The summed E-state index contributed by atoms with van der Waals surface area (Å²) in [5, 5.41) is 2.84. The van der Waals surface area contributed by atoms with Gasteiger partial charge in [-0.1, -0.05) is 13.3 Å². The lowest BCUT2D eigenvalue weighted by Gasteiger charge is -2.06. The van der Waals surface area contributed by atoms with Crippen molar-refractivity contribution in [1.82, 2.24) is 20.3 Å². The molecule has 22 heavy (non-hydrogen) atoms. The summed E-state index contributed by atoms with van der Waals surface area (Å²) in [4.78, 5) is 34.5. The van der Waals surface area contributed by atoms with Crippen molar-refractivity contribution in [3.63, 3.8) is 0 Å². The zero-order valence-corrected chi connectivity index (χ0v) is 12.8. The molecule has 0 aliphatic rings.